The van der Waals surface area contributed by atoms with Crippen molar-refractivity contribution < 1.29 is 4.39 Å². The highest BCUT2D eigenvalue weighted by Crippen LogP contribution is 2.37. The second-order valence-corrected chi connectivity index (χ2v) is 6.14. The number of benzene rings is 1. The van der Waals surface area contributed by atoms with E-state index >= 15 is 0 Å². The first-order valence-corrected chi connectivity index (χ1v) is 7.25. The molecule has 0 spiro atoms. The summed E-state index contributed by atoms with van der Waals surface area (Å²) in [5, 5.41) is 0. The zero-order chi connectivity index (χ0) is 14.0. The Morgan fingerprint density at radius 1 is 1.37 bits per heavy atom. The molecule has 1 saturated heterocycles. The van der Waals surface area contributed by atoms with Gasteiger partial charge in [0.15, 0.2) is 0 Å². The van der Waals surface area contributed by atoms with Gasteiger partial charge in [-0.3, -0.25) is 0 Å². The molecule has 0 bridgehead atoms. The normalized spacial score (nSPS) is 20.4. The highest BCUT2D eigenvalue weighted by Gasteiger charge is 2.29. The Morgan fingerprint density at radius 3 is 2.53 bits per heavy atom. The minimum Gasteiger partial charge on any atom is -0.371 e. The van der Waals surface area contributed by atoms with Crippen molar-refractivity contribution in [1.82, 2.24) is 0 Å². The van der Waals surface area contributed by atoms with Crippen LogP contribution in [0.25, 0.3) is 0 Å². The second kappa shape index (κ2) is 5.49. The molecule has 1 atom stereocenters. The van der Waals surface area contributed by atoms with Gasteiger partial charge in [-0.2, -0.15) is 0 Å². The van der Waals surface area contributed by atoms with Crippen molar-refractivity contribution in [2.24, 2.45) is 11.1 Å². The first-order valence-electron chi connectivity index (χ1n) is 7.25. The predicted molar refractivity (Wildman–Crippen MR) is 78.8 cm³/mol. The van der Waals surface area contributed by atoms with E-state index in [1.54, 1.807) is 6.07 Å². The third kappa shape index (κ3) is 3.08. The van der Waals surface area contributed by atoms with E-state index in [4.69, 9.17) is 5.73 Å². The maximum Gasteiger partial charge on any atom is 0.123 e. The van der Waals surface area contributed by atoms with E-state index in [1.165, 1.54) is 25.3 Å². The fourth-order valence-electron chi connectivity index (χ4n) is 2.82. The van der Waals surface area contributed by atoms with Crippen molar-refractivity contribution >= 4 is 5.69 Å². The number of piperidine rings is 1. The van der Waals surface area contributed by atoms with Gasteiger partial charge in [0.25, 0.3) is 0 Å². The molecule has 0 unspecified atom stereocenters. The van der Waals surface area contributed by atoms with Crippen LogP contribution in [0.1, 0.15) is 51.6 Å². The van der Waals surface area contributed by atoms with Crippen molar-refractivity contribution in [3.8, 4) is 0 Å². The van der Waals surface area contributed by atoms with Crippen molar-refractivity contribution in [1.29, 1.82) is 0 Å². The van der Waals surface area contributed by atoms with Crippen molar-refractivity contribution in [2.45, 2.75) is 46.1 Å². The lowest BCUT2D eigenvalue weighted by atomic mass is 9.78. The minimum absolute atomic E-state index is 0.134. The summed E-state index contributed by atoms with van der Waals surface area (Å²) >= 11 is 0. The van der Waals surface area contributed by atoms with Gasteiger partial charge in [-0.25, -0.2) is 4.39 Å². The van der Waals surface area contributed by atoms with Gasteiger partial charge >= 0.3 is 0 Å². The smallest absolute Gasteiger partial charge is 0.123 e. The zero-order valence-corrected chi connectivity index (χ0v) is 12.2. The molecule has 106 valence electrons. The summed E-state index contributed by atoms with van der Waals surface area (Å²) in [5.41, 5.74) is 8.46. The molecule has 1 aliphatic rings. The largest absolute Gasteiger partial charge is 0.371 e. The van der Waals surface area contributed by atoms with Gasteiger partial charge in [0, 0.05) is 24.8 Å². The molecule has 19 heavy (non-hydrogen) atoms. The van der Waals surface area contributed by atoms with Gasteiger partial charge in [-0.1, -0.05) is 20.3 Å². The Kier molecular flexibility index (Phi) is 4.14. The summed E-state index contributed by atoms with van der Waals surface area (Å²) in [6, 6.07) is 4.86. The standard InChI is InChI=1S/C16H25FN2/c1-4-16(3)7-9-19(10-8-16)15-6-5-13(17)11-14(15)12(2)18/h5-6,11-12H,4,7-10,18H2,1-3H3/t12-/m0/s1. The van der Waals surface area contributed by atoms with Crippen LogP contribution >= 0.6 is 0 Å². The number of anilines is 1. The highest BCUT2D eigenvalue weighted by molar-refractivity contribution is 5.55. The van der Waals surface area contributed by atoms with Gasteiger partial charge in [0.1, 0.15) is 5.82 Å². The van der Waals surface area contributed by atoms with E-state index in [1.807, 2.05) is 13.0 Å². The molecule has 2 rings (SSSR count). The lowest BCUT2D eigenvalue weighted by Gasteiger charge is -2.41. The summed E-state index contributed by atoms with van der Waals surface area (Å²) in [7, 11) is 0. The second-order valence-electron chi connectivity index (χ2n) is 6.14. The van der Waals surface area contributed by atoms with E-state index in [2.05, 4.69) is 18.7 Å². The molecular weight excluding hydrogens is 239 g/mol. The first kappa shape index (κ1) is 14.3. The molecule has 2 N–H and O–H groups in total. The molecule has 1 aromatic rings. The predicted octanol–water partition coefficient (Wildman–Crippen LogP) is 3.86. The fourth-order valence-corrected chi connectivity index (χ4v) is 2.82. The van der Waals surface area contributed by atoms with Crippen molar-refractivity contribution in [3.63, 3.8) is 0 Å². The monoisotopic (exact) mass is 264 g/mol. The average molecular weight is 264 g/mol. The fraction of sp³-hybridized carbons (Fsp3) is 0.625. The van der Waals surface area contributed by atoms with Gasteiger partial charge in [-0.15, -0.1) is 0 Å². The Hall–Kier alpha value is -1.09. The summed E-state index contributed by atoms with van der Waals surface area (Å²) in [5.74, 6) is -0.202. The van der Waals surface area contributed by atoms with Crippen LogP contribution < -0.4 is 10.6 Å². The molecule has 0 amide bonds. The Labute approximate surface area is 115 Å². The van der Waals surface area contributed by atoms with Crippen LogP contribution in [0.15, 0.2) is 18.2 Å². The van der Waals surface area contributed by atoms with Crippen molar-refractivity contribution in [3.05, 3.63) is 29.6 Å². The highest BCUT2D eigenvalue weighted by atomic mass is 19.1. The molecule has 2 nitrogen and oxygen atoms in total. The maximum absolute atomic E-state index is 13.4. The van der Waals surface area contributed by atoms with Gasteiger partial charge in [-0.05, 0) is 48.9 Å². The van der Waals surface area contributed by atoms with Crippen LogP contribution in [0.2, 0.25) is 0 Å². The van der Waals surface area contributed by atoms with Crippen LogP contribution in [0.3, 0.4) is 0 Å². The SMILES string of the molecule is CCC1(C)CCN(c2ccc(F)cc2[C@H](C)N)CC1. The van der Waals surface area contributed by atoms with Crippen LogP contribution in [0, 0.1) is 11.2 Å². The molecule has 3 heteroatoms. The van der Waals surface area contributed by atoms with Crippen LogP contribution in [0.5, 0.6) is 0 Å². The third-order valence-electron chi connectivity index (χ3n) is 4.64. The van der Waals surface area contributed by atoms with Crippen LogP contribution in [-0.4, -0.2) is 13.1 Å². The molecule has 0 saturated carbocycles. The molecule has 0 radical (unpaired) electrons. The van der Waals surface area contributed by atoms with E-state index in [0.29, 0.717) is 5.41 Å². The summed E-state index contributed by atoms with van der Waals surface area (Å²) in [6.45, 7) is 8.62. The summed E-state index contributed by atoms with van der Waals surface area (Å²) in [4.78, 5) is 2.36. The molecular formula is C16H25FN2. The van der Waals surface area contributed by atoms with E-state index < -0.39 is 0 Å². The molecule has 1 heterocycles. The third-order valence-corrected chi connectivity index (χ3v) is 4.64. The lowest BCUT2D eigenvalue weighted by molar-refractivity contribution is 0.238. The summed E-state index contributed by atoms with van der Waals surface area (Å²) in [6.07, 6.45) is 3.61. The first-order chi connectivity index (χ1) is 8.95. The number of nitrogens with zero attached hydrogens (tertiary/aromatic N) is 1. The molecule has 0 aromatic heterocycles. The Morgan fingerprint density at radius 2 is 2.00 bits per heavy atom. The maximum atomic E-state index is 13.4. The quantitative estimate of drug-likeness (QED) is 0.898. The van der Waals surface area contributed by atoms with E-state index in [-0.39, 0.29) is 11.9 Å². The zero-order valence-electron chi connectivity index (χ0n) is 12.2. The van der Waals surface area contributed by atoms with Crippen LogP contribution in [-0.2, 0) is 0 Å². The van der Waals surface area contributed by atoms with E-state index in [0.717, 1.165) is 24.3 Å². The van der Waals surface area contributed by atoms with Gasteiger partial charge in [0.05, 0.1) is 0 Å². The van der Waals surface area contributed by atoms with Gasteiger partial charge < -0.3 is 10.6 Å². The molecule has 0 aliphatic carbocycles. The molecule has 1 fully saturated rings. The van der Waals surface area contributed by atoms with E-state index in [9.17, 15) is 4.39 Å². The Balaban J connectivity index is 2.20. The van der Waals surface area contributed by atoms with Crippen molar-refractivity contribution in [2.75, 3.05) is 18.0 Å². The number of hydrogen-bond donors (Lipinski definition) is 1. The Bertz CT molecular complexity index is 434. The number of halogens is 1. The van der Waals surface area contributed by atoms with Crippen LogP contribution in [0.4, 0.5) is 10.1 Å². The summed E-state index contributed by atoms with van der Waals surface area (Å²) < 4.78 is 13.4. The molecule has 1 aliphatic heterocycles. The number of rotatable bonds is 3. The average Bonchev–Trinajstić information content (AvgIpc) is 2.40. The topological polar surface area (TPSA) is 29.3 Å². The lowest BCUT2D eigenvalue weighted by Crippen LogP contribution is -2.39. The minimum atomic E-state index is -0.202. The number of hydrogen-bond acceptors (Lipinski definition) is 2. The molecule has 1 aromatic carbocycles. The van der Waals surface area contributed by atoms with Gasteiger partial charge in [0.2, 0.25) is 0 Å². The number of nitrogens with two attached hydrogens (primary N) is 1.